The molecule has 0 radical (unpaired) electrons. The van der Waals surface area contributed by atoms with Gasteiger partial charge in [-0.05, 0) is 65.7 Å². The molecule has 3 aromatic carbocycles. The van der Waals surface area contributed by atoms with Crippen LogP contribution in [0.5, 0.6) is 5.75 Å². The van der Waals surface area contributed by atoms with E-state index in [1.165, 1.54) is 22.8 Å². The SMILES string of the molecule is COc1ccc(CC(=O)Cc2ccc(-c3ccc4ncc5ccc(=O)n(-c6cccc(C(F)(F)F)c6)c5c4c3)cn2)cc1. The summed E-state index contributed by atoms with van der Waals surface area (Å²) in [6.07, 6.45) is -0.816. The number of benzene rings is 3. The van der Waals surface area contributed by atoms with Crippen molar-refractivity contribution in [1.29, 1.82) is 0 Å². The van der Waals surface area contributed by atoms with E-state index in [9.17, 15) is 22.8 Å². The van der Waals surface area contributed by atoms with E-state index in [1.807, 2.05) is 42.5 Å². The maximum Gasteiger partial charge on any atom is 0.416 e. The number of ketones is 1. The van der Waals surface area contributed by atoms with Crippen LogP contribution < -0.4 is 10.3 Å². The summed E-state index contributed by atoms with van der Waals surface area (Å²) < 4.78 is 46.9. The van der Waals surface area contributed by atoms with Crippen LogP contribution in [0.1, 0.15) is 16.8 Å². The van der Waals surface area contributed by atoms with Gasteiger partial charge in [0.2, 0.25) is 0 Å². The Morgan fingerprint density at radius 1 is 0.837 bits per heavy atom. The lowest BCUT2D eigenvalue weighted by Gasteiger charge is -2.15. The van der Waals surface area contributed by atoms with E-state index in [1.54, 1.807) is 37.7 Å². The molecule has 0 fully saturated rings. The number of carbonyl (C=O) groups is 1. The van der Waals surface area contributed by atoms with Crippen molar-refractivity contribution in [3.63, 3.8) is 0 Å². The Hall–Kier alpha value is -5.31. The Morgan fingerprint density at radius 2 is 1.63 bits per heavy atom. The Bertz CT molecular complexity index is 2030. The molecule has 0 amide bonds. The van der Waals surface area contributed by atoms with E-state index in [4.69, 9.17) is 4.74 Å². The third-order valence-corrected chi connectivity index (χ3v) is 7.25. The van der Waals surface area contributed by atoms with Crippen LogP contribution in [0.25, 0.3) is 38.6 Å². The molecule has 6 rings (SSSR count). The van der Waals surface area contributed by atoms with Crippen molar-refractivity contribution >= 4 is 27.6 Å². The standard InChI is InChI=1S/C34H24F3N3O3/c1-43-29-11-5-21(6-12-29)15-28(41)18-26-10-7-23(19-38-26)22-8-13-31-30(16-22)33-24(20-39-31)9-14-32(42)40(33)27-4-2-3-25(17-27)34(35,36)37/h2-14,16-17,19-20H,15,18H2,1H3. The van der Waals surface area contributed by atoms with Crippen molar-refractivity contribution in [1.82, 2.24) is 14.5 Å². The van der Waals surface area contributed by atoms with Gasteiger partial charge >= 0.3 is 6.18 Å². The number of nitrogens with zero attached hydrogens (tertiary/aromatic N) is 3. The molecule has 0 N–H and O–H groups in total. The summed E-state index contributed by atoms with van der Waals surface area (Å²) in [6, 6.07) is 24.2. The fraction of sp³-hybridized carbons (Fsp3) is 0.118. The molecule has 0 aliphatic heterocycles. The number of aromatic nitrogens is 3. The second kappa shape index (κ2) is 11.2. The summed E-state index contributed by atoms with van der Waals surface area (Å²) in [5, 5.41) is 1.20. The normalized spacial score (nSPS) is 11.6. The number of Topliss-reactive ketones (excluding diaryl/α,β-unsaturated/α-hetero) is 1. The molecule has 0 aliphatic carbocycles. The van der Waals surface area contributed by atoms with Gasteiger partial charge in [-0.2, -0.15) is 13.2 Å². The first-order valence-electron chi connectivity index (χ1n) is 13.4. The van der Waals surface area contributed by atoms with Gasteiger partial charge in [0.25, 0.3) is 5.56 Å². The average Bonchev–Trinajstić information content (AvgIpc) is 3.01. The molecule has 43 heavy (non-hydrogen) atoms. The Labute approximate surface area is 244 Å². The molecule has 0 atom stereocenters. The fourth-order valence-electron chi connectivity index (χ4n) is 5.10. The number of ether oxygens (including phenoxy) is 1. The molecule has 0 saturated heterocycles. The van der Waals surface area contributed by atoms with Gasteiger partial charge in [0.1, 0.15) is 11.5 Å². The molecule has 3 aromatic heterocycles. The maximum atomic E-state index is 13.5. The zero-order valence-corrected chi connectivity index (χ0v) is 22.9. The van der Waals surface area contributed by atoms with Crippen LogP contribution in [0.4, 0.5) is 13.2 Å². The number of hydrogen-bond donors (Lipinski definition) is 0. The van der Waals surface area contributed by atoms with Crippen molar-refractivity contribution in [2.24, 2.45) is 0 Å². The number of halogens is 3. The zero-order chi connectivity index (χ0) is 30.1. The summed E-state index contributed by atoms with van der Waals surface area (Å²) in [5.41, 5.74) is 2.90. The third-order valence-electron chi connectivity index (χ3n) is 7.25. The Morgan fingerprint density at radius 3 is 2.35 bits per heavy atom. The molecule has 0 saturated carbocycles. The van der Waals surface area contributed by atoms with Crippen molar-refractivity contribution in [2.75, 3.05) is 7.11 Å². The molecule has 6 nitrogen and oxygen atoms in total. The lowest BCUT2D eigenvalue weighted by atomic mass is 10.0. The van der Waals surface area contributed by atoms with Gasteiger partial charge in [0, 0.05) is 59.0 Å². The highest BCUT2D eigenvalue weighted by atomic mass is 19.4. The third kappa shape index (κ3) is 5.74. The summed E-state index contributed by atoms with van der Waals surface area (Å²) in [6.45, 7) is 0. The second-order valence-corrected chi connectivity index (χ2v) is 10.1. The first-order chi connectivity index (χ1) is 20.7. The number of carbonyl (C=O) groups excluding carboxylic acids is 1. The molecular weight excluding hydrogens is 555 g/mol. The summed E-state index contributed by atoms with van der Waals surface area (Å²) in [5.74, 6) is 0.756. The van der Waals surface area contributed by atoms with Crippen LogP contribution >= 0.6 is 0 Å². The van der Waals surface area contributed by atoms with E-state index in [-0.39, 0.29) is 24.3 Å². The van der Waals surface area contributed by atoms with E-state index in [2.05, 4.69) is 9.97 Å². The number of alkyl halides is 3. The number of hydrogen-bond acceptors (Lipinski definition) is 5. The molecule has 0 bridgehead atoms. The zero-order valence-electron chi connectivity index (χ0n) is 22.9. The fourth-order valence-corrected chi connectivity index (χ4v) is 5.10. The van der Waals surface area contributed by atoms with E-state index in [0.29, 0.717) is 27.5 Å². The molecule has 0 spiro atoms. The predicted molar refractivity (Wildman–Crippen MR) is 158 cm³/mol. The monoisotopic (exact) mass is 579 g/mol. The molecule has 214 valence electrons. The van der Waals surface area contributed by atoms with Gasteiger partial charge in [-0.3, -0.25) is 24.1 Å². The Kier molecular flexibility index (Phi) is 7.23. The van der Waals surface area contributed by atoms with Crippen molar-refractivity contribution in [3.05, 3.63) is 131 Å². The van der Waals surface area contributed by atoms with Crippen LogP contribution in [0.15, 0.2) is 108 Å². The minimum absolute atomic E-state index is 0.0289. The molecule has 3 heterocycles. The van der Waals surface area contributed by atoms with Gasteiger partial charge in [-0.1, -0.05) is 30.3 Å². The molecule has 9 heteroatoms. The molecule has 0 aliphatic rings. The number of pyridine rings is 3. The van der Waals surface area contributed by atoms with Crippen molar-refractivity contribution < 1.29 is 22.7 Å². The lowest BCUT2D eigenvalue weighted by Crippen LogP contribution is -2.18. The Balaban J connectivity index is 1.34. The van der Waals surface area contributed by atoms with Gasteiger partial charge in [0.05, 0.1) is 23.7 Å². The van der Waals surface area contributed by atoms with Gasteiger partial charge in [-0.15, -0.1) is 0 Å². The highest BCUT2D eigenvalue weighted by Crippen LogP contribution is 2.33. The smallest absolute Gasteiger partial charge is 0.416 e. The van der Waals surface area contributed by atoms with E-state index < -0.39 is 17.3 Å². The minimum Gasteiger partial charge on any atom is -0.497 e. The van der Waals surface area contributed by atoms with Crippen LogP contribution in [0.2, 0.25) is 0 Å². The highest BCUT2D eigenvalue weighted by molar-refractivity contribution is 6.05. The average molecular weight is 580 g/mol. The van der Waals surface area contributed by atoms with E-state index in [0.717, 1.165) is 34.6 Å². The molecular formula is C34H24F3N3O3. The topological polar surface area (TPSA) is 74.1 Å². The molecule has 6 aromatic rings. The van der Waals surface area contributed by atoms with Gasteiger partial charge in [0.15, 0.2) is 0 Å². The van der Waals surface area contributed by atoms with Crippen LogP contribution in [-0.2, 0) is 23.8 Å². The van der Waals surface area contributed by atoms with Gasteiger partial charge in [-0.25, -0.2) is 0 Å². The summed E-state index contributed by atoms with van der Waals surface area (Å²) in [7, 11) is 1.59. The number of fused-ring (bicyclic) bond motifs is 3. The molecule has 0 unspecified atom stereocenters. The second-order valence-electron chi connectivity index (χ2n) is 10.1. The largest absolute Gasteiger partial charge is 0.497 e. The van der Waals surface area contributed by atoms with Gasteiger partial charge < -0.3 is 4.74 Å². The predicted octanol–water partition coefficient (Wildman–Crippen LogP) is 6.98. The summed E-state index contributed by atoms with van der Waals surface area (Å²) >= 11 is 0. The number of methoxy groups -OCH3 is 1. The lowest BCUT2D eigenvalue weighted by molar-refractivity contribution is -0.137. The van der Waals surface area contributed by atoms with Crippen LogP contribution in [0, 0.1) is 0 Å². The quantitative estimate of drug-likeness (QED) is 0.191. The summed E-state index contributed by atoms with van der Waals surface area (Å²) in [4.78, 5) is 34.7. The highest BCUT2D eigenvalue weighted by Gasteiger charge is 2.30. The van der Waals surface area contributed by atoms with Crippen molar-refractivity contribution in [2.45, 2.75) is 19.0 Å². The maximum absolute atomic E-state index is 13.5. The van der Waals surface area contributed by atoms with Crippen LogP contribution in [-0.4, -0.2) is 27.4 Å². The van der Waals surface area contributed by atoms with Crippen LogP contribution in [0.3, 0.4) is 0 Å². The first kappa shape index (κ1) is 27.8. The minimum atomic E-state index is -4.56. The van der Waals surface area contributed by atoms with E-state index >= 15 is 0 Å². The first-order valence-corrected chi connectivity index (χ1v) is 13.4. The van der Waals surface area contributed by atoms with Crippen molar-refractivity contribution in [3.8, 4) is 22.6 Å². The number of rotatable bonds is 7.